The van der Waals surface area contributed by atoms with E-state index in [9.17, 15) is 14.9 Å². The van der Waals surface area contributed by atoms with E-state index in [1.165, 1.54) is 4.90 Å². The Kier molecular flexibility index (Phi) is 2.93. The molecule has 0 radical (unpaired) electrons. The molecule has 4 heteroatoms. The standard InChI is InChI=1S/C16H22N2O2/c1-9(2)16(3,8-17)18-14(19)12-10-4-5-11(7-6-10)13(12)15(18)20/h9-13H,4-7H2,1-3H3. The van der Waals surface area contributed by atoms with Crippen LogP contribution in [0.4, 0.5) is 0 Å². The van der Waals surface area contributed by atoms with Crippen molar-refractivity contribution in [2.24, 2.45) is 29.6 Å². The van der Waals surface area contributed by atoms with Crippen LogP contribution in [0.5, 0.6) is 0 Å². The zero-order valence-corrected chi connectivity index (χ0v) is 12.4. The first kappa shape index (κ1) is 13.6. The van der Waals surface area contributed by atoms with Gasteiger partial charge in [0.05, 0.1) is 17.9 Å². The first-order valence-corrected chi connectivity index (χ1v) is 7.71. The van der Waals surface area contributed by atoms with Gasteiger partial charge in [-0.2, -0.15) is 5.26 Å². The van der Waals surface area contributed by atoms with Crippen LogP contribution >= 0.6 is 0 Å². The maximum Gasteiger partial charge on any atom is 0.234 e. The van der Waals surface area contributed by atoms with Gasteiger partial charge in [-0.3, -0.25) is 14.5 Å². The summed E-state index contributed by atoms with van der Waals surface area (Å²) in [4.78, 5) is 26.9. The lowest BCUT2D eigenvalue weighted by molar-refractivity contribution is -0.146. The molecule has 0 N–H and O–H groups in total. The number of fused-ring (bicyclic) bond motifs is 2. The topological polar surface area (TPSA) is 61.2 Å². The first-order chi connectivity index (χ1) is 9.41. The van der Waals surface area contributed by atoms with Crippen LogP contribution in [0, 0.1) is 40.9 Å². The van der Waals surface area contributed by atoms with Gasteiger partial charge in [-0.05, 0) is 50.4 Å². The van der Waals surface area contributed by atoms with Crippen LogP contribution in [0.3, 0.4) is 0 Å². The molecule has 0 spiro atoms. The summed E-state index contributed by atoms with van der Waals surface area (Å²) in [5, 5.41) is 9.54. The molecule has 3 atom stereocenters. The molecule has 1 saturated heterocycles. The van der Waals surface area contributed by atoms with Crippen molar-refractivity contribution in [3.63, 3.8) is 0 Å². The lowest BCUT2D eigenvalue weighted by atomic mass is 9.59. The average Bonchev–Trinajstić information content (AvgIpc) is 2.74. The molecule has 3 aliphatic carbocycles. The Balaban J connectivity index is 2.02. The van der Waals surface area contributed by atoms with Crippen molar-refractivity contribution in [1.29, 1.82) is 5.26 Å². The molecule has 0 aromatic carbocycles. The Morgan fingerprint density at radius 1 is 1.10 bits per heavy atom. The smallest absolute Gasteiger partial charge is 0.234 e. The van der Waals surface area contributed by atoms with Crippen molar-refractivity contribution in [3.8, 4) is 6.07 Å². The molecule has 20 heavy (non-hydrogen) atoms. The van der Waals surface area contributed by atoms with Crippen molar-refractivity contribution in [2.75, 3.05) is 0 Å². The lowest BCUT2D eigenvalue weighted by Crippen LogP contribution is -2.52. The number of carbonyl (C=O) groups excluding carboxylic acids is 2. The van der Waals surface area contributed by atoms with Gasteiger partial charge in [-0.25, -0.2) is 0 Å². The van der Waals surface area contributed by atoms with Gasteiger partial charge < -0.3 is 0 Å². The van der Waals surface area contributed by atoms with Crippen LogP contribution in [-0.4, -0.2) is 22.3 Å². The van der Waals surface area contributed by atoms with Gasteiger partial charge in [0, 0.05) is 0 Å². The SMILES string of the molecule is CC(C)C(C)(C#N)N1C(=O)C2C3CCC(CC3)C2C1=O. The Morgan fingerprint density at radius 3 is 1.80 bits per heavy atom. The molecule has 4 aliphatic rings. The van der Waals surface area contributed by atoms with E-state index < -0.39 is 5.54 Å². The van der Waals surface area contributed by atoms with Crippen LogP contribution in [0.2, 0.25) is 0 Å². The van der Waals surface area contributed by atoms with Gasteiger partial charge >= 0.3 is 0 Å². The third-order valence-electron chi connectivity index (χ3n) is 6.05. The number of rotatable bonds is 2. The van der Waals surface area contributed by atoms with Gasteiger partial charge in [0.25, 0.3) is 0 Å². The zero-order valence-electron chi connectivity index (χ0n) is 12.4. The second-order valence-electron chi connectivity index (χ2n) is 7.15. The van der Waals surface area contributed by atoms with E-state index in [-0.39, 0.29) is 29.6 Å². The fraction of sp³-hybridized carbons (Fsp3) is 0.812. The van der Waals surface area contributed by atoms with Gasteiger partial charge in [0.15, 0.2) is 0 Å². The monoisotopic (exact) mass is 274 g/mol. The molecule has 0 aromatic rings. The number of hydrogen-bond donors (Lipinski definition) is 0. The molecule has 3 unspecified atom stereocenters. The van der Waals surface area contributed by atoms with Crippen molar-refractivity contribution < 1.29 is 9.59 Å². The van der Waals surface area contributed by atoms with Gasteiger partial charge in [0.2, 0.25) is 11.8 Å². The van der Waals surface area contributed by atoms with Gasteiger partial charge in [0.1, 0.15) is 5.54 Å². The van der Waals surface area contributed by atoms with Crippen molar-refractivity contribution in [1.82, 2.24) is 4.90 Å². The van der Waals surface area contributed by atoms with E-state index in [1.54, 1.807) is 6.92 Å². The highest BCUT2D eigenvalue weighted by Crippen LogP contribution is 2.54. The maximum absolute atomic E-state index is 12.8. The Morgan fingerprint density at radius 2 is 1.50 bits per heavy atom. The summed E-state index contributed by atoms with van der Waals surface area (Å²) >= 11 is 0. The summed E-state index contributed by atoms with van der Waals surface area (Å²) in [7, 11) is 0. The second-order valence-corrected chi connectivity index (χ2v) is 7.15. The molecular formula is C16H22N2O2. The van der Waals surface area contributed by atoms with Crippen LogP contribution in [-0.2, 0) is 9.59 Å². The van der Waals surface area contributed by atoms with E-state index in [4.69, 9.17) is 0 Å². The Hall–Kier alpha value is -1.37. The number of hydrogen-bond acceptors (Lipinski definition) is 3. The van der Waals surface area contributed by atoms with E-state index in [0.717, 1.165) is 25.7 Å². The molecule has 1 aliphatic heterocycles. The first-order valence-electron chi connectivity index (χ1n) is 7.71. The largest absolute Gasteiger partial charge is 0.274 e. The highest BCUT2D eigenvalue weighted by molar-refractivity contribution is 6.06. The molecule has 4 rings (SSSR count). The van der Waals surface area contributed by atoms with E-state index >= 15 is 0 Å². The quantitative estimate of drug-likeness (QED) is 0.726. The van der Waals surface area contributed by atoms with E-state index in [0.29, 0.717) is 11.8 Å². The lowest BCUT2D eigenvalue weighted by Gasteiger charge is -2.42. The molecule has 3 saturated carbocycles. The summed E-state index contributed by atoms with van der Waals surface area (Å²) in [5.41, 5.74) is -1.01. The average molecular weight is 274 g/mol. The predicted molar refractivity (Wildman–Crippen MR) is 73.1 cm³/mol. The predicted octanol–water partition coefficient (Wildman–Crippen LogP) is 2.35. The van der Waals surface area contributed by atoms with Crippen molar-refractivity contribution in [3.05, 3.63) is 0 Å². The minimum atomic E-state index is -1.01. The molecule has 108 valence electrons. The third-order valence-corrected chi connectivity index (χ3v) is 6.05. The summed E-state index contributed by atoms with van der Waals surface area (Å²) in [6.07, 6.45) is 4.29. The van der Waals surface area contributed by atoms with E-state index in [2.05, 4.69) is 6.07 Å². The van der Waals surface area contributed by atoms with Crippen LogP contribution in [0.25, 0.3) is 0 Å². The van der Waals surface area contributed by atoms with Crippen molar-refractivity contribution in [2.45, 2.75) is 52.0 Å². The molecule has 4 nitrogen and oxygen atoms in total. The van der Waals surface area contributed by atoms with Crippen molar-refractivity contribution >= 4 is 11.8 Å². The third kappa shape index (κ3) is 1.52. The fourth-order valence-electron chi connectivity index (χ4n) is 4.46. The number of likely N-dealkylation sites (tertiary alicyclic amines) is 1. The number of nitriles is 1. The molecular weight excluding hydrogens is 252 g/mol. The molecule has 4 fully saturated rings. The number of amides is 2. The van der Waals surface area contributed by atoms with Crippen LogP contribution in [0.15, 0.2) is 0 Å². The zero-order chi connectivity index (χ0) is 14.7. The number of carbonyl (C=O) groups is 2. The van der Waals surface area contributed by atoms with E-state index in [1.807, 2.05) is 13.8 Å². The second kappa shape index (κ2) is 4.31. The number of imide groups is 1. The highest BCUT2D eigenvalue weighted by atomic mass is 16.2. The minimum absolute atomic E-state index is 0.0572. The minimum Gasteiger partial charge on any atom is -0.274 e. The van der Waals surface area contributed by atoms with Crippen LogP contribution in [0.1, 0.15) is 46.5 Å². The normalized spacial score (nSPS) is 38.9. The highest BCUT2D eigenvalue weighted by Gasteiger charge is 2.61. The summed E-state index contributed by atoms with van der Waals surface area (Å²) in [5.74, 6) is 0.239. The number of nitrogens with zero attached hydrogens (tertiary/aromatic N) is 2. The Bertz CT molecular complexity index is 469. The van der Waals surface area contributed by atoms with Gasteiger partial charge in [-0.15, -0.1) is 0 Å². The molecule has 2 amide bonds. The molecule has 2 bridgehead atoms. The molecule has 0 aromatic heterocycles. The fourth-order valence-corrected chi connectivity index (χ4v) is 4.46. The van der Waals surface area contributed by atoms with Crippen LogP contribution < -0.4 is 0 Å². The maximum atomic E-state index is 12.8. The summed E-state index contributed by atoms with van der Waals surface area (Å²) < 4.78 is 0. The summed E-state index contributed by atoms with van der Waals surface area (Å²) in [6, 6.07) is 2.22. The Labute approximate surface area is 120 Å². The molecule has 1 heterocycles. The van der Waals surface area contributed by atoms with Gasteiger partial charge in [-0.1, -0.05) is 13.8 Å². The summed E-state index contributed by atoms with van der Waals surface area (Å²) in [6.45, 7) is 5.54.